The highest BCUT2D eigenvalue weighted by Crippen LogP contribution is 2.27. The molecule has 0 saturated carbocycles. The van der Waals surface area contributed by atoms with Gasteiger partial charge in [-0.1, -0.05) is 47.6 Å². The molecular weight excluding hydrogens is 347 g/mol. The summed E-state index contributed by atoms with van der Waals surface area (Å²) in [5, 5.41) is 6.09. The number of amides is 1. The van der Waals surface area contributed by atoms with Gasteiger partial charge in [0.25, 0.3) is 0 Å². The number of carbonyl (C=O) groups is 1. The molecule has 0 saturated heterocycles. The molecular formula is C18H14F3N3O2. The lowest BCUT2D eigenvalue weighted by molar-refractivity contribution is -0.159. The first-order valence-corrected chi connectivity index (χ1v) is 7.72. The second kappa shape index (κ2) is 7.38. The van der Waals surface area contributed by atoms with Crippen LogP contribution >= 0.6 is 0 Å². The van der Waals surface area contributed by atoms with E-state index in [-0.39, 0.29) is 24.6 Å². The predicted molar refractivity (Wildman–Crippen MR) is 87.3 cm³/mol. The normalized spacial score (nSPS) is 11.3. The fourth-order valence-corrected chi connectivity index (χ4v) is 2.32. The first-order chi connectivity index (χ1) is 12.4. The van der Waals surface area contributed by atoms with Crippen molar-refractivity contribution < 1.29 is 22.5 Å². The van der Waals surface area contributed by atoms with E-state index >= 15 is 0 Å². The Labute approximate surface area is 146 Å². The van der Waals surface area contributed by atoms with Crippen molar-refractivity contribution in [3.63, 3.8) is 0 Å². The molecule has 1 heterocycles. The van der Waals surface area contributed by atoms with Gasteiger partial charge < -0.3 is 9.84 Å². The molecule has 0 aliphatic heterocycles. The number of rotatable bonds is 5. The molecule has 5 nitrogen and oxygen atoms in total. The van der Waals surface area contributed by atoms with Crippen molar-refractivity contribution in [2.45, 2.75) is 19.0 Å². The molecule has 3 aromatic rings. The standard InChI is InChI=1S/C18H14F3N3O2/c19-18(20,21)17-23-15(24-26-17)10-13-6-8-14(9-7-13)22-16(25)11-12-4-2-1-3-5-12/h1-9H,10-11H2,(H,22,25). The first kappa shape index (κ1) is 17.7. The average molecular weight is 361 g/mol. The van der Waals surface area contributed by atoms with Crippen molar-refractivity contribution in [3.05, 3.63) is 77.4 Å². The first-order valence-electron chi connectivity index (χ1n) is 7.72. The fraction of sp³-hybridized carbons (Fsp3) is 0.167. The average Bonchev–Trinajstić information content (AvgIpc) is 3.06. The second-order valence-corrected chi connectivity index (χ2v) is 5.60. The molecule has 0 aliphatic carbocycles. The van der Waals surface area contributed by atoms with Crippen LogP contribution in [-0.2, 0) is 23.8 Å². The molecule has 2 aromatic carbocycles. The van der Waals surface area contributed by atoms with E-state index in [4.69, 9.17) is 0 Å². The lowest BCUT2D eigenvalue weighted by atomic mass is 10.1. The number of alkyl halides is 3. The Morgan fingerprint density at radius 3 is 2.31 bits per heavy atom. The number of nitrogens with zero attached hydrogens (tertiary/aromatic N) is 2. The Morgan fingerprint density at radius 1 is 1.00 bits per heavy atom. The number of benzene rings is 2. The minimum Gasteiger partial charge on any atom is -0.329 e. The number of hydrogen-bond acceptors (Lipinski definition) is 4. The number of aromatic nitrogens is 2. The smallest absolute Gasteiger partial charge is 0.329 e. The molecule has 1 aromatic heterocycles. The van der Waals surface area contributed by atoms with Crippen molar-refractivity contribution in [3.8, 4) is 0 Å². The van der Waals surface area contributed by atoms with Gasteiger partial charge in [-0.25, -0.2) is 0 Å². The Bertz CT molecular complexity index is 875. The molecule has 0 spiro atoms. The fourth-order valence-electron chi connectivity index (χ4n) is 2.32. The van der Waals surface area contributed by atoms with Gasteiger partial charge in [-0.3, -0.25) is 4.79 Å². The maximum absolute atomic E-state index is 12.4. The summed E-state index contributed by atoms with van der Waals surface area (Å²) in [5.41, 5.74) is 2.19. The molecule has 0 atom stereocenters. The SMILES string of the molecule is O=C(Cc1ccccc1)Nc1ccc(Cc2noc(C(F)(F)F)n2)cc1. The van der Waals surface area contributed by atoms with Crippen LogP contribution in [0, 0.1) is 0 Å². The van der Waals surface area contributed by atoms with E-state index in [0.717, 1.165) is 5.56 Å². The second-order valence-electron chi connectivity index (χ2n) is 5.60. The third-order valence-corrected chi connectivity index (χ3v) is 3.52. The third-order valence-electron chi connectivity index (χ3n) is 3.52. The van der Waals surface area contributed by atoms with Crippen molar-refractivity contribution >= 4 is 11.6 Å². The number of nitrogens with one attached hydrogen (secondary N) is 1. The largest absolute Gasteiger partial charge is 0.471 e. The van der Waals surface area contributed by atoms with Gasteiger partial charge in [0.1, 0.15) is 0 Å². The summed E-state index contributed by atoms with van der Waals surface area (Å²) in [4.78, 5) is 15.3. The molecule has 8 heteroatoms. The van der Waals surface area contributed by atoms with Gasteiger partial charge >= 0.3 is 12.1 Å². The molecule has 0 radical (unpaired) electrons. The van der Waals surface area contributed by atoms with E-state index < -0.39 is 12.1 Å². The summed E-state index contributed by atoms with van der Waals surface area (Å²) in [7, 11) is 0. The van der Waals surface area contributed by atoms with Crippen molar-refractivity contribution in [1.29, 1.82) is 0 Å². The molecule has 0 bridgehead atoms. The van der Waals surface area contributed by atoms with E-state index in [1.807, 2.05) is 30.3 Å². The minimum absolute atomic E-state index is 0.0572. The molecule has 26 heavy (non-hydrogen) atoms. The van der Waals surface area contributed by atoms with Crippen LogP contribution in [0.2, 0.25) is 0 Å². The van der Waals surface area contributed by atoms with Crippen molar-refractivity contribution in [2.75, 3.05) is 5.32 Å². The lowest BCUT2D eigenvalue weighted by Gasteiger charge is -2.06. The van der Waals surface area contributed by atoms with Crippen molar-refractivity contribution in [1.82, 2.24) is 10.1 Å². The number of hydrogen-bond donors (Lipinski definition) is 1. The van der Waals surface area contributed by atoms with Crippen LogP contribution in [0.4, 0.5) is 18.9 Å². The van der Waals surface area contributed by atoms with Gasteiger partial charge in [0.2, 0.25) is 5.91 Å². The minimum atomic E-state index is -4.65. The molecule has 134 valence electrons. The van der Waals surface area contributed by atoms with Gasteiger partial charge in [0.05, 0.1) is 6.42 Å². The highest BCUT2D eigenvalue weighted by atomic mass is 19.4. The summed E-state index contributed by atoms with van der Waals surface area (Å²) in [5.74, 6) is -1.58. The lowest BCUT2D eigenvalue weighted by Crippen LogP contribution is -2.14. The maximum Gasteiger partial charge on any atom is 0.471 e. The van der Waals surface area contributed by atoms with Crippen LogP contribution < -0.4 is 5.32 Å². The Kier molecular flexibility index (Phi) is 5.01. The van der Waals surface area contributed by atoms with E-state index in [9.17, 15) is 18.0 Å². The molecule has 0 aliphatic rings. The summed E-state index contributed by atoms with van der Waals surface area (Å²) in [6, 6.07) is 16.0. The van der Waals surface area contributed by atoms with E-state index in [2.05, 4.69) is 20.0 Å². The zero-order chi connectivity index (χ0) is 18.6. The van der Waals surface area contributed by atoms with Crippen LogP contribution in [0.15, 0.2) is 59.1 Å². The summed E-state index contributed by atoms with van der Waals surface area (Å²) in [6.45, 7) is 0. The Balaban J connectivity index is 1.58. The van der Waals surface area contributed by atoms with Crippen LogP contribution in [0.5, 0.6) is 0 Å². The summed E-state index contributed by atoms with van der Waals surface area (Å²) in [6.07, 6.45) is -4.30. The summed E-state index contributed by atoms with van der Waals surface area (Å²) >= 11 is 0. The van der Waals surface area contributed by atoms with Crippen LogP contribution in [0.25, 0.3) is 0 Å². The van der Waals surface area contributed by atoms with Crippen LogP contribution in [0.3, 0.4) is 0 Å². The summed E-state index contributed by atoms with van der Waals surface area (Å²) < 4.78 is 41.5. The number of carbonyl (C=O) groups excluding carboxylic acids is 1. The number of anilines is 1. The van der Waals surface area contributed by atoms with E-state index in [1.165, 1.54) is 0 Å². The molecule has 0 unspecified atom stereocenters. The van der Waals surface area contributed by atoms with Crippen LogP contribution in [0.1, 0.15) is 22.8 Å². The highest BCUT2D eigenvalue weighted by Gasteiger charge is 2.38. The molecule has 1 N–H and O–H groups in total. The number of halogens is 3. The Hall–Kier alpha value is -3.16. The Morgan fingerprint density at radius 2 is 1.69 bits per heavy atom. The van der Waals surface area contributed by atoms with Crippen LogP contribution in [-0.4, -0.2) is 16.0 Å². The van der Waals surface area contributed by atoms with Gasteiger partial charge in [0, 0.05) is 12.1 Å². The third kappa shape index (κ3) is 4.69. The zero-order valence-electron chi connectivity index (χ0n) is 13.5. The van der Waals surface area contributed by atoms with E-state index in [1.54, 1.807) is 24.3 Å². The predicted octanol–water partition coefficient (Wildman–Crippen LogP) is 3.86. The molecule has 1 amide bonds. The highest BCUT2D eigenvalue weighted by molar-refractivity contribution is 5.92. The van der Waals surface area contributed by atoms with Gasteiger partial charge in [-0.2, -0.15) is 18.2 Å². The maximum atomic E-state index is 12.4. The quantitative estimate of drug-likeness (QED) is 0.749. The molecule has 0 fully saturated rings. The topological polar surface area (TPSA) is 68.0 Å². The zero-order valence-corrected chi connectivity index (χ0v) is 13.5. The van der Waals surface area contributed by atoms with Gasteiger partial charge in [-0.05, 0) is 23.3 Å². The van der Waals surface area contributed by atoms with Crippen molar-refractivity contribution in [2.24, 2.45) is 0 Å². The monoisotopic (exact) mass is 361 g/mol. The van der Waals surface area contributed by atoms with E-state index in [0.29, 0.717) is 11.3 Å². The van der Waals surface area contributed by atoms with Gasteiger partial charge in [-0.15, -0.1) is 0 Å². The molecule has 3 rings (SSSR count). The van der Waals surface area contributed by atoms with Gasteiger partial charge in [0.15, 0.2) is 5.82 Å².